The minimum atomic E-state index is -1.12. The van der Waals surface area contributed by atoms with Gasteiger partial charge in [-0.15, -0.1) is 6.58 Å². The molecule has 3 rings (SSSR count). The highest BCUT2D eigenvalue weighted by Gasteiger charge is 2.63. The molecule has 0 radical (unpaired) electrons. The summed E-state index contributed by atoms with van der Waals surface area (Å²) in [5.41, 5.74) is 0.228. The molecule has 1 aromatic carbocycles. The van der Waals surface area contributed by atoms with Gasteiger partial charge in [-0.25, -0.2) is 0 Å². The van der Waals surface area contributed by atoms with E-state index >= 15 is 0 Å². The lowest BCUT2D eigenvalue weighted by Gasteiger charge is -2.31. The third kappa shape index (κ3) is 2.66. The summed E-state index contributed by atoms with van der Waals surface area (Å²) >= 11 is 0. The molecule has 0 heterocycles. The summed E-state index contributed by atoms with van der Waals surface area (Å²) in [6, 6.07) is 3.61. The fraction of sp³-hybridized carbons (Fsp3) is 0.455. The summed E-state index contributed by atoms with van der Waals surface area (Å²) in [6.45, 7) is 5.66. The third-order valence-electron chi connectivity index (χ3n) is 6.00. The largest absolute Gasteiger partial charge is 0.493 e. The first kappa shape index (κ1) is 20.1. The van der Waals surface area contributed by atoms with Crippen molar-refractivity contribution in [3.63, 3.8) is 0 Å². The molecule has 0 spiro atoms. The molecule has 0 unspecified atom stereocenters. The van der Waals surface area contributed by atoms with Crippen LogP contribution in [0.3, 0.4) is 0 Å². The van der Waals surface area contributed by atoms with E-state index in [0.717, 1.165) is 5.56 Å². The average molecular weight is 386 g/mol. The van der Waals surface area contributed by atoms with Crippen molar-refractivity contribution in [3.05, 3.63) is 42.0 Å². The van der Waals surface area contributed by atoms with Crippen molar-refractivity contribution < 1.29 is 28.5 Å². The van der Waals surface area contributed by atoms with Gasteiger partial charge in [0.2, 0.25) is 5.75 Å². The summed E-state index contributed by atoms with van der Waals surface area (Å²) in [7, 11) is 6.12. The first-order valence-corrected chi connectivity index (χ1v) is 9.16. The van der Waals surface area contributed by atoms with Crippen LogP contribution in [0.5, 0.6) is 17.2 Å². The Morgan fingerprint density at radius 3 is 2.14 bits per heavy atom. The van der Waals surface area contributed by atoms with Gasteiger partial charge in [-0.05, 0) is 35.8 Å². The molecule has 0 saturated heterocycles. The Hall–Kier alpha value is -2.60. The summed E-state index contributed by atoms with van der Waals surface area (Å²) in [5, 5.41) is 0. The van der Waals surface area contributed by atoms with Gasteiger partial charge < -0.3 is 18.9 Å². The number of hydrogen-bond acceptors (Lipinski definition) is 6. The minimum Gasteiger partial charge on any atom is -0.493 e. The molecule has 0 aliphatic heterocycles. The van der Waals surface area contributed by atoms with Crippen molar-refractivity contribution in [2.75, 3.05) is 28.4 Å². The summed E-state index contributed by atoms with van der Waals surface area (Å²) < 4.78 is 22.0. The van der Waals surface area contributed by atoms with Crippen LogP contribution in [0.15, 0.2) is 36.4 Å². The van der Waals surface area contributed by atoms with Crippen LogP contribution < -0.4 is 14.2 Å². The molecule has 0 amide bonds. The van der Waals surface area contributed by atoms with Gasteiger partial charge in [-0.3, -0.25) is 9.59 Å². The van der Waals surface area contributed by atoms with E-state index < -0.39 is 11.5 Å². The predicted molar refractivity (Wildman–Crippen MR) is 104 cm³/mol. The lowest BCUT2D eigenvalue weighted by molar-refractivity contribution is -0.141. The third-order valence-corrected chi connectivity index (χ3v) is 6.00. The van der Waals surface area contributed by atoms with Crippen LogP contribution in [0.1, 0.15) is 24.8 Å². The molecule has 0 N–H and O–H groups in total. The highest BCUT2D eigenvalue weighted by molar-refractivity contribution is 6.19. The number of ether oxygens (including phenoxy) is 4. The van der Waals surface area contributed by atoms with Crippen molar-refractivity contribution in [1.29, 1.82) is 0 Å². The van der Waals surface area contributed by atoms with E-state index in [0.29, 0.717) is 29.2 Å². The molecule has 2 aliphatic rings. The maximum absolute atomic E-state index is 13.2. The Bertz CT molecular complexity index is 830. The summed E-state index contributed by atoms with van der Waals surface area (Å²) in [6.07, 6.45) is 3.77. The second kappa shape index (κ2) is 7.43. The number of carbonyl (C=O) groups is 2. The van der Waals surface area contributed by atoms with E-state index in [4.69, 9.17) is 18.9 Å². The average Bonchev–Trinajstić information content (AvgIpc) is 2.86. The molecule has 2 bridgehead atoms. The molecule has 0 aromatic heterocycles. The number of Topliss-reactive ketones (excluding diaryl/α,β-unsaturated/α-hetero) is 2. The highest BCUT2D eigenvalue weighted by atomic mass is 16.5. The Morgan fingerprint density at radius 1 is 1.07 bits per heavy atom. The number of hydrogen-bond donors (Lipinski definition) is 0. The number of fused-ring (bicyclic) bond motifs is 2. The van der Waals surface area contributed by atoms with Gasteiger partial charge in [0.25, 0.3) is 0 Å². The first-order chi connectivity index (χ1) is 13.4. The predicted octanol–water partition coefficient (Wildman–Crippen LogP) is 3.10. The fourth-order valence-electron chi connectivity index (χ4n) is 4.64. The smallest absolute Gasteiger partial charge is 0.203 e. The lowest BCUT2D eigenvalue weighted by Crippen LogP contribution is -2.45. The topological polar surface area (TPSA) is 71.1 Å². The lowest BCUT2D eigenvalue weighted by atomic mass is 9.79. The van der Waals surface area contributed by atoms with Crippen LogP contribution >= 0.6 is 0 Å². The number of carbonyl (C=O) groups excluding carboxylic acids is 2. The fourth-order valence-corrected chi connectivity index (χ4v) is 4.64. The zero-order valence-corrected chi connectivity index (χ0v) is 16.9. The van der Waals surface area contributed by atoms with E-state index in [2.05, 4.69) is 6.58 Å². The number of allylic oxidation sites excluding steroid dienone is 2. The van der Waals surface area contributed by atoms with Crippen LogP contribution in [0.2, 0.25) is 0 Å². The molecule has 4 atom stereocenters. The normalized spacial score (nSPS) is 28.8. The molecular weight excluding hydrogens is 360 g/mol. The van der Waals surface area contributed by atoms with Gasteiger partial charge in [0.1, 0.15) is 5.60 Å². The maximum atomic E-state index is 13.2. The van der Waals surface area contributed by atoms with Gasteiger partial charge in [0.15, 0.2) is 23.1 Å². The Balaban J connectivity index is 2.19. The number of methoxy groups -OCH3 is 4. The van der Waals surface area contributed by atoms with Crippen molar-refractivity contribution in [1.82, 2.24) is 0 Å². The van der Waals surface area contributed by atoms with Crippen LogP contribution in [0.4, 0.5) is 0 Å². The summed E-state index contributed by atoms with van der Waals surface area (Å²) in [4.78, 5) is 26.3. The molecular formula is C22H26O6. The van der Waals surface area contributed by atoms with Crippen molar-refractivity contribution in [3.8, 4) is 17.2 Å². The zero-order valence-electron chi connectivity index (χ0n) is 16.9. The molecule has 28 heavy (non-hydrogen) atoms. The quantitative estimate of drug-likeness (QED) is 0.530. The molecule has 6 nitrogen and oxygen atoms in total. The van der Waals surface area contributed by atoms with Crippen LogP contribution in [0.25, 0.3) is 0 Å². The second-order valence-corrected chi connectivity index (χ2v) is 7.14. The molecule has 1 saturated carbocycles. The monoisotopic (exact) mass is 386 g/mol. The standard InChI is InChI=1S/C22H26O6/c1-7-8-13-11-22(28-6)12(2)17(18(19(13)23)21(22)24)14-9-15(25-3)20(27-5)16(10-14)26-4/h7,9-12,17-18H,1,8H2,2-6H3/t12-,17+,18+,22-/m1/s1. The van der Waals surface area contributed by atoms with Gasteiger partial charge in [-0.2, -0.15) is 0 Å². The SMILES string of the molecule is C=CCC1=C[C@]2(OC)C(=O)[C@H](C1=O)[C@H](c1cc(OC)c(OC)c(OC)c1)[C@H]2C. The van der Waals surface area contributed by atoms with E-state index in [1.54, 1.807) is 24.3 Å². The van der Waals surface area contributed by atoms with Crippen molar-refractivity contribution in [2.45, 2.75) is 24.9 Å². The van der Waals surface area contributed by atoms with Crippen LogP contribution in [-0.4, -0.2) is 45.6 Å². The highest BCUT2D eigenvalue weighted by Crippen LogP contribution is 2.55. The Kier molecular flexibility index (Phi) is 5.35. The zero-order chi connectivity index (χ0) is 20.6. The first-order valence-electron chi connectivity index (χ1n) is 9.16. The molecule has 150 valence electrons. The van der Waals surface area contributed by atoms with E-state index in [1.807, 2.05) is 6.92 Å². The van der Waals surface area contributed by atoms with E-state index in [1.165, 1.54) is 28.4 Å². The van der Waals surface area contributed by atoms with Crippen molar-refractivity contribution >= 4 is 11.6 Å². The second-order valence-electron chi connectivity index (χ2n) is 7.14. The molecule has 1 fully saturated rings. The van der Waals surface area contributed by atoms with Gasteiger partial charge >= 0.3 is 0 Å². The van der Waals surface area contributed by atoms with Crippen LogP contribution in [0, 0.1) is 11.8 Å². The van der Waals surface area contributed by atoms with E-state index in [9.17, 15) is 9.59 Å². The summed E-state index contributed by atoms with van der Waals surface area (Å²) in [5.74, 6) is -0.354. The molecule has 1 aromatic rings. The maximum Gasteiger partial charge on any atom is 0.203 e. The number of benzene rings is 1. The Labute approximate surface area is 165 Å². The van der Waals surface area contributed by atoms with Gasteiger partial charge in [-0.1, -0.05) is 13.0 Å². The Morgan fingerprint density at radius 2 is 1.68 bits per heavy atom. The molecule has 6 heteroatoms. The van der Waals surface area contributed by atoms with E-state index in [-0.39, 0.29) is 23.4 Å². The minimum absolute atomic E-state index is 0.166. The number of rotatable bonds is 7. The van der Waals surface area contributed by atoms with Gasteiger partial charge in [0.05, 0.1) is 27.2 Å². The van der Waals surface area contributed by atoms with Gasteiger partial charge in [0, 0.05) is 18.9 Å². The van der Waals surface area contributed by atoms with Crippen molar-refractivity contribution in [2.24, 2.45) is 11.8 Å². The molecule has 2 aliphatic carbocycles. The number of ketones is 2. The van der Waals surface area contributed by atoms with Crippen LogP contribution in [-0.2, 0) is 14.3 Å².